The minimum atomic E-state index is 0.328. The second kappa shape index (κ2) is 5.07. The van der Waals surface area contributed by atoms with Crippen LogP contribution in [0, 0.1) is 0 Å². The van der Waals surface area contributed by atoms with E-state index in [2.05, 4.69) is 9.88 Å². The smallest absolute Gasteiger partial charge is 0.217 e. The average molecular weight is 220 g/mol. The summed E-state index contributed by atoms with van der Waals surface area (Å²) in [6.45, 7) is 2.27. The van der Waals surface area contributed by atoms with Crippen molar-refractivity contribution in [3.63, 3.8) is 0 Å². The molecule has 0 spiro atoms. The van der Waals surface area contributed by atoms with Gasteiger partial charge in [0, 0.05) is 24.7 Å². The fourth-order valence-corrected chi connectivity index (χ4v) is 2.01. The molecule has 1 fully saturated rings. The highest BCUT2D eigenvalue weighted by molar-refractivity contribution is 5.81. The van der Waals surface area contributed by atoms with Crippen LogP contribution < -0.4 is 4.74 Å². The minimum absolute atomic E-state index is 0.328. The molecule has 0 atom stereocenters. The van der Waals surface area contributed by atoms with Crippen LogP contribution in [0.1, 0.15) is 18.4 Å². The maximum Gasteiger partial charge on any atom is 0.217 e. The summed E-state index contributed by atoms with van der Waals surface area (Å²) in [7, 11) is 1.62. The molecule has 1 aromatic heterocycles. The Bertz CT molecular complexity index is 379. The Labute approximate surface area is 95.2 Å². The van der Waals surface area contributed by atoms with Gasteiger partial charge in [-0.05, 0) is 19.0 Å². The number of Topliss-reactive ketones (excluding diaryl/α,β-unsaturated/α-hetero) is 1. The average Bonchev–Trinajstić information content (AvgIpc) is 2.30. The minimum Gasteiger partial charge on any atom is -0.481 e. The fraction of sp³-hybridized carbons (Fsp3) is 0.500. The molecule has 0 saturated carbocycles. The molecule has 1 saturated heterocycles. The molecule has 0 radical (unpaired) electrons. The third-order valence-corrected chi connectivity index (χ3v) is 2.77. The summed E-state index contributed by atoms with van der Waals surface area (Å²) in [6, 6.07) is 3.88. The van der Waals surface area contributed by atoms with Crippen LogP contribution in [-0.2, 0) is 11.3 Å². The molecule has 1 aromatic rings. The number of nitrogens with zero attached hydrogens (tertiary/aromatic N) is 2. The molecule has 0 bridgehead atoms. The van der Waals surface area contributed by atoms with Gasteiger partial charge in [0.1, 0.15) is 5.78 Å². The maximum absolute atomic E-state index is 11.3. The summed E-state index contributed by atoms with van der Waals surface area (Å²) in [5.74, 6) is 0.981. The van der Waals surface area contributed by atoms with Crippen LogP contribution in [0.4, 0.5) is 0 Å². The number of methoxy groups -OCH3 is 1. The molecule has 0 N–H and O–H groups in total. The van der Waals surface area contributed by atoms with Gasteiger partial charge in [-0.2, -0.15) is 0 Å². The molecule has 4 heteroatoms. The Kier molecular flexibility index (Phi) is 3.51. The molecular formula is C12H16N2O2. The zero-order chi connectivity index (χ0) is 11.4. The van der Waals surface area contributed by atoms with E-state index < -0.39 is 0 Å². The maximum atomic E-state index is 11.3. The zero-order valence-corrected chi connectivity index (χ0v) is 9.48. The van der Waals surface area contributed by atoms with Gasteiger partial charge in [0.25, 0.3) is 0 Å². The van der Waals surface area contributed by atoms with E-state index in [1.54, 1.807) is 13.3 Å². The van der Waals surface area contributed by atoms with Gasteiger partial charge in [-0.25, -0.2) is 4.98 Å². The third-order valence-electron chi connectivity index (χ3n) is 2.77. The van der Waals surface area contributed by atoms with Gasteiger partial charge in [-0.3, -0.25) is 9.69 Å². The molecular weight excluding hydrogens is 204 g/mol. The Morgan fingerprint density at radius 1 is 1.56 bits per heavy atom. The normalized spacial score (nSPS) is 17.4. The Hall–Kier alpha value is -1.42. The molecule has 86 valence electrons. The zero-order valence-electron chi connectivity index (χ0n) is 9.48. The van der Waals surface area contributed by atoms with Crippen LogP contribution in [0.5, 0.6) is 5.88 Å². The highest BCUT2D eigenvalue weighted by Crippen LogP contribution is 2.17. The van der Waals surface area contributed by atoms with Gasteiger partial charge in [-0.15, -0.1) is 0 Å². The van der Waals surface area contributed by atoms with Crippen molar-refractivity contribution in [3.05, 3.63) is 23.9 Å². The van der Waals surface area contributed by atoms with E-state index in [-0.39, 0.29) is 0 Å². The number of ketones is 1. The molecule has 2 rings (SSSR count). The number of ether oxygens (including phenoxy) is 1. The molecule has 2 heterocycles. The van der Waals surface area contributed by atoms with E-state index in [0.717, 1.165) is 31.5 Å². The number of hydrogen-bond acceptors (Lipinski definition) is 4. The lowest BCUT2D eigenvalue weighted by Gasteiger charge is -2.25. The molecule has 0 amide bonds. The first kappa shape index (κ1) is 11.1. The summed E-state index contributed by atoms with van der Waals surface area (Å²) in [6.07, 6.45) is 3.39. The predicted molar refractivity (Wildman–Crippen MR) is 60.3 cm³/mol. The summed E-state index contributed by atoms with van der Waals surface area (Å²) in [4.78, 5) is 17.6. The first-order chi connectivity index (χ1) is 7.79. The van der Waals surface area contributed by atoms with Crippen molar-refractivity contribution in [1.82, 2.24) is 9.88 Å². The summed E-state index contributed by atoms with van der Waals surface area (Å²) >= 11 is 0. The van der Waals surface area contributed by atoms with Crippen molar-refractivity contribution in [1.29, 1.82) is 0 Å². The SMILES string of the molecule is COc1ncccc1CN1CCCC(=O)C1. The highest BCUT2D eigenvalue weighted by Gasteiger charge is 2.18. The molecule has 0 aromatic carbocycles. The van der Waals surface area contributed by atoms with Crippen LogP contribution in [0.15, 0.2) is 18.3 Å². The first-order valence-corrected chi connectivity index (χ1v) is 5.51. The van der Waals surface area contributed by atoms with Gasteiger partial charge >= 0.3 is 0 Å². The number of pyridine rings is 1. The van der Waals surface area contributed by atoms with Gasteiger partial charge in [0.15, 0.2) is 0 Å². The van der Waals surface area contributed by atoms with Crippen molar-refractivity contribution in [3.8, 4) is 5.88 Å². The number of hydrogen-bond donors (Lipinski definition) is 0. The van der Waals surface area contributed by atoms with E-state index >= 15 is 0 Å². The van der Waals surface area contributed by atoms with Crippen LogP contribution in [0.3, 0.4) is 0 Å². The summed E-state index contributed by atoms with van der Waals surface area (Å²) < 4.78 is 5.19. The summed E-state index contributed by atoms with van der Waals surface area (Å²) in [5.41, 5.74) is 1.04. The van der Waals surface area contributed by atoms with Gasteiger partial charge in [0.05, 0.1) is 13.7 Å². The lowest BCUT2D eigenvalue weighted by molar-refractivity contribution is -0.122. The predicted octanol–water partition coefficient (Wildman–Crippen LogP) is 1.26. The van der Waals surface area contributed by atoms with Crippen LogP contribution in [-0.4, -0.2) is 35.9 Å². The molecule has 1 aliphatic heterocycles. The number of carbonyl (C=O) groups is 1. The van der Waals surface area contributed by atoms with E-state index in [0.29, 0.717) is 18.2 Å². The van der Waals surface area contributed by atoms with Crippen molar-refractivity contribution >= 4 is 5.78 Å². The Morgan fingerprint density at radius 2 is 2.44 bits per heavy atom. The molecule has 0 unspecified atom stereocenters. The number of likely N-dealkylation sites (tertiary alicyclic amines) is 1. The number of piperidine rings is 1. The van der Waals surface area contributed by atoms with E-state index in [1.807, 2.05) is 12.1 Å². The van der Waals surface area contributed by atoms with Crippen molar-refractivity contribution in [2.45, 2.75) is 19.4 Å². The van der Waals surface area contributed by atoms with E-state index in [9.17, 15) is 4.79 Å². The van der Waals surface area contributed by atoms with Crippen molar-refractivity contribution in [2.75, 3.05) is 20.2 Å². The van der Waals surface area contributed by atoms with Crippen LogP contribution >= 0.6 is 0 Å². The molecule has 0 aliphatic carbocycles. The van der Waals surface area contributed by atoms with Crippen molar-refractivity contribution < 1.29 is 9.53 Å². The third kappa shape index (κ3) is 2.58. The van der Waals surface area contributed by atoms with E-state index in [1.165, 1.54) is 0 Å². The monoisotopic (exact) mass is 220 g/mol. The number of aromatic nitrogens is 1. The van der Waals surface area contributed by atoms with E-state index in [4.69, 9.17) is 4.74 Å². The standard InChI is InChI=1S/C12H16N2O2/c1-16-12-10(4-2-6-13-12)8-14-7-3-5-11(15)9-14/h2,4,6H,3,5,7-9H2,1H3. The highest BCUT2D eigenvalue weighted by atomic mass is 16.5. The Balaban J connectivity index is 2.05. The Morgan fingerprint density at radius 3 is 3.19 bits per heavy atom. The lowest BCUT2D eigenvalue weighted by Crippen LogP contribution is -2.35. The first-order valence-electron chi connectivity index (χ1n) is 5.51. The fourth-order valence-electron chi connectivity index (χ4n) is 2.01. The van der Waals surface area contributed by atoms with Gasteiger partial charge in [0.2, 0.25) is 5.88 Å². The van der Waals surface area contributed by atoms with Crippen LogP contribution in [0.2, 0.25) is 0 Å². The number of carbonyl (C=O) groups excluding carboxylic acids is 1. The van der Waals surface area contributed by atoms with Gasteiger partial charge in [-0.1, -0.05) is 6.07 Å². The van der Waals surface area contributed by atoms with Crippen LogP contribution in [0.25, 0.3) is 0 Å². The largest absolute Gasteiger partial charge is 0.481 e. The molecule has 16 heavy (non-hydrogen) atoms. The van der Waals surface area contributed by atoms with Gasteiger partial charge < -0.3 is 4.74 Å². The second-order valence-corrected chi connectivity index (χ2v) is 4.02. The second-order valence-electron chi connectivity index (χ2n) is 4.02. The summed E-state index contributed by atoms with van der Waals surface area (Å²) in [5, 5.41) is 0. The molecule has 1 aliphatic rings. The molecule has 4 nitrogen and oxygen atoms in total. The topological polar surface area (TPSA) is 42.4 Å². The van der Waals surface area contributed by atoms with Crippen molar-refractivity contribution in [2.24, 2.45) is 0 Å². The quantitative estimate of drug-likeness (QED) is 0.769. The number of rotatable bonds is 3. The lowest BCUT2D eigenvalue weighted by atomic mass is 10.1.